The molecule has 0 radical (unpaired) electrons. The van der Waals surface area contributed by atoms with E-state index in [2.05, 4.69) is 5.32 Å². The van der Waals surface area contributed by atoms with Gasteiger partial charge in [0.05, 0.1) is 13.2 Å². The van der Waals surface area contributed by atoms with Crippen LogP contribution in [0.15, 0.2) is 30.3 Å². The van der Waals surface area contributed by atoms with Crippen LogP contribution >= 0.6 is 12.4 Å². The van der Waals surface area contributed by atoms with Crippen molar-refractivity contribution >= 4 is 24.0 Å². The fourth-order valence-electron chi connectivity index (χ4n) is 2.18. The highest BCUT2D eigenvalue weighted by Gasteiger charge is 2.21. The Hall–Kier alpha value is -1.10. The van der Waals surface area contributed by atoms with Crippen LogP contribution in [0.3, 0.4) is 0 Å². The molecule has 0 bridgehead atoms. The number of nitrogens with one attached hydrogen (secondary N) is 1. The number of morpholine rings is 1. The molecule has 1 aliphatic heterocycles. The van der Waals surface area contributed by atoms with E-state index in [4.69, 9.17) is 4.74 Å². The van der Waals surface area contributed by atoms with Gasteiger partial charge in [-0.05, 0) is 19.1 Å². The zero-order valence-electron chi connectivity index (χ0n) is 11.2. The van der Waals surface area contributed by atoms with Crippen molar-refractivity contribution < 1.29 is 9.53 Å². The molecule has 1 fully saturated rings. The summed E-state index contributed by atoms with van der Waals surface area (Å²) < 4.78 is 5.37. The number of para-hydroxylation sites is 1. The fraction of sp³-hybridized carbons (Fsp3) is 0.500. The maximum Gasteiger partial charge on any atom is 0.228 e. The summed E-state index contributed by atoms with van der Waals surface area (Å²) in [6.07, 6.45) is 0.489. The highest BCUT2D eigenvalue weighted by atomic mass is 35.5. The molecule has 1 N–H and O–H groups in total. The van der Waals surface area contributed by atoms with Crippen LogP contribution in [0.5, 0.6) is 0 Å². The van der Waals surface area contributed by atoms with Gasteiger partial charge >= 0.3 is 0 Å². The van der Waals surface area contributed by atoms with Gasteiger partial charge in [0.25, 0.3) is 0 Å². The number of nitrogens with zero attached hydrogens (tertiary/aromatic N) is 1. The molecule has 1 unspecified atom stereocenters. The Kier molecular flexibility index (Phi) is 6.84. The van der Waals surface area contributed by atoms with Gasteiger partial charge in [0.2, 0.25) is 5.91 Å². The molecule has 1 aromatic carbocycles. The zero-order valence-corrected chi connectivity index (χ0v) is 12.0. The number of halogens is 1. The van der Waals surface area contributed by atoms with Crippen molar-refractivity contribution in [2.24, 2.45) is 0 Å². The van der Waals surface area contributed by atoms with E-state index in [1.54, 1.807) is 0 Å². The number of anilines is 1. The molecular formula is C14H21ClN2O2. The molecule has 1 heterocycles. The van der Waals surface area contributed by atoms with E-state index >= 15 is 0 Å². The molecule has 2 rings (SSSR count). The first kappa shape index (κ1) is 16.0. The summed E-state index contributed by atoms with van der Waals surface area (Å²) in [6, 6.07) is 9.93. The SMILES string of the molecule is CCN(C(=O)CC1COCCN1)c1ccccc1.Cl. The molecule has 4 nitrogen and oxygen atoms in total. The van der Waals surface area contributed by atoms with Crippen molar-refractivity contribution in [1.82, 2.24) is 5.32 Å². The van der Waals surface area contributed by atoms with Gasteiger partial charge in [-0.2, -0.15) is 0 Å². The number of amides is 1. The molecular weight excluding hydrogens is 264 g/mol. The third kappa shape index (κ3) is 4.49. The first-order valence-corrected chi connectivity index (χ1v) is 6.47. The molecule has 0 saturated carbocycles. The molecule has 19 heavy (non-hydrogen) atoms. The van der Waals surface area contributed by atoms with Crippen LogP contribution in [0.4, 0.5) is 5.69 Å². The van der Waals surface area contributed by atoms with E-state index < -0.39 is 0 Å². The predicted molar refractivity (Wildman–Crippen MR) is 78.9 cm³/mol. The average Bonchev–Trinajstić information content (AvgIpc) is 2.42. The number of carbonyl (C=O) groups excluding carboxylic acids is 1. The average molecular weight is 285 g/mol. The van der Waals surface area contributed by atoms with Gasteiger partial charge in [-0.1, -0.05) is 18.2 Å². The highest BCUT2D eigenvalue weighted by Crippen LogP contribution is 2.15. The number of hydrogen-bond donors (Lipinski definition) is 1. The third-order valence-electron chi connectivity index (χ3n) is 3.10. The molecule has 1 aromatic rings. The fourth-order valence-corrected chi connectivity index (χ4v) is 2.18. The summed E-state index contributed by atoms with van der Waals surface area (Å²) >= 11 is 0. The lowest BCUT2D eigenvalue weighted by Gasteiger charge is -2.27. The summed E-state index contributed by atoms with van der Waals surface area (Å²) in [5.41, 5.74) is 0.960. The van der Waals surface area contributed by atoms with Gasteiger partial charge in [-0.15, -0.1) is 12.4 Å². The Morgan fingerprint density at radius 1 is 1.42 bits per heavy atom. The number of ether oxygens (including phenoxy) is 1. The Labute approximate surface area is 120 Å². The molecule has 1 saturated heterocycles. The van der Waals surface area contributed by atoms with Crippen molar-refractivity contribution in [3.63, 3.8) is 0 Å². The Balaban J connectivity index is 0.00000180. The van der Waals surface area contributed by atoms with Crippen LogP contribution in [-0.2, 0) is 9.53 Å². The highest BCUT2D eigenvalue weighted by molar-refractivity contribution is 5.93. The molecule has 1 amide bonds. The maximum atomic E-state index is 12.3. The predicted octanol–water partition coefficient (Wildman–Crippen LogP) is 1.84. The summed E-state index contributed by atoms with van der Waals surface area (Å²) in [5, 5.41) is 3.31. The van der Waals surface area contributed by atoms with E-state index in [0.29, 0.717) is 19.6 Å². The number of rotatable bonds is 4. The van der Waals surface area contributed by atoms with Gasteiger partial charge in [-0.3, -0.25) is 4.79 Å². The molecule has 106 valence electrons. The Morgan fingerprint density at radius 3 is 2.74 bits per heavy atom. The van der Waals surface area contributed by atoms with Crippen LogP contribution < -0.4 is 10.2 Å². The number of benzene rings is 1. The molecule has 5 heteroatoms. The van der Waals surface area contributed by atoms with Crippen molar-refractivity contribution in [2.75, 3.05) is 31.2 Å². The number of hydrogen-bond acceptors (Lipinski definition) is 3. The summed E-state index contributed by atoms with van der Waals surface area (Å²) in [6.45, 7) is 4.88. The Morgan fingerprint density at radius 2 is 2.16 bits per heavy atom. The van der Waals surface area contributed by atoms with Gasteiger partial charge in [0.15, 0.2) is 0 Å². The molecule has 0 aliphatic carbocycles. The van der Waals surface area contributed by atoms with E-state index in [1.807, 2.05) is 42.2 Å². The summed E-state index contributed by atoms with van der Waals surface area (Å²) in [5.74, 6) is 0.145. The van der Waals surface area contributed by atoms with E-state index in [0.717, 1.165) is 18.8 Å². The maximum absolute atomic E-state index is 12.3. The van der Waals surface area contributed by atoms with Crippen molar-refractivity contribution in [1.29, 1.82) is 0 Å². The van der Waals surface area contributed by atoms with Crippen molar-refractivity contribution in [2.45, 2.75) is 19.4 Å². The van der Waals surface area contributed by atoms with Gasteiger partial charge < -0.3 is 15.0 Å². The van der Waals surface area contributed by atoms with Gasteiger partial charge in [0.1, 0.15) is 0 Å². The Bertz CT molecular complexity index is 380. The molecule has 0 spiro atoms. The van der Waals surface area contributed by atoms with Crippen LogP contribution in [0, 0.1) is 0 Å². The van der Waals surface area contributed by atoms with Crippen molar-refractivity contribution in [3.05, 3.63) is 30.3 Å². The quantitative estimate of drug-likeness (QED) is 0.917. The number of carbonyl (C=O) groups is 1. The monoisotopic (exact) mass is 284 g/mol. The molecule has 0 aromatic heterocycles. The normalized spacial score (nSPS) is 18.5. The zero-order chi connectivity index (χ0) is 12.8. The smallest absolute Gasteiger partial charge is 0.228 e. The lowest BCUT2D eigenvalue weighted by atomic mass is 10.1. The molecule has 1 atom stereocenters. The topological polar surface area (TPSA) is 41.6 Å². The van der Waals surface area contributed by atoms with Crippen LogP contribution in [0.2, 0.25) is 0 Å². The summed E-state index contributed by atoms with van der Waals surface area (Å²) in [7, 11) is 0. The largest absolute Gasteiger partial charge is 0.378 e. The van der Waals surface area contributed by atoms with Crippen molar-refractivity contribution in [3.8, 4) is 0 Å². The minimum absolute atomic E-state index is 0. The standard InChI is InChI=1S/C14H20N2O2.ClH/c1-2-16(13-6-4-3-5-7-13)14(17)10-12-11-18-9-8-15-12;/h3-7,12,15H,2,8-11H2,1H3;1H. The lowest BCUT2D eigenvalue weighted by molar-refractivity contribution is -0.119. The van der Waals surface area contributed by atoms with Crippen LogP contribution in [-0.4, -0.2) is 38.3 Å². The van der Waals surface area contributed by atoms with Crippen LogP contribution in [0.1, 0.15) is 13.3 Å². The minimum Gasteiger partial charge on any atom is -0.378 e. The third-order valence-corrected chi connectivity index (χ3v) is 3.10. The van der Waals surface area contributed by atoms with E-state index in [1.165, 1.54) is 0 Å². The minimum atomic E-state index is 0. The first-order chi connectivity index (χ1) is 8.81. The van der Waals surface area contributed by atoms with E-state index in [9.17, 15) is 4.79 Å². The van der Waals surface area contributed by atoms with Crippen LogP contribution in [0.25, 0.3) is 0 Å². The van der Waals surface area contributed by atoms with E-state index in [-0.39, 0.29) is 24.4 Å². The second kappa shape index (κ2) is 8.15. The van der Waals surface area contributed by atoms with Gasteiger partial charge in [0, 0.05) is 31.2 Å². The lowest BCUT2D eigenvalue weighted by Crippen LogP contribution is -2.45. The van der Waals surface area contributed by atoms with Gasteiger partial charge in [-0.25, -0.2) is 0 Å². The second-order valence-corrected chi connectivity index (χ2v) is 4.40. The first-order valence-electron chi connectivity index (χ1n) is 6.47. The molecule has 1 aliphatic rings. The second-order valence-electron chi connectivity index (χ2n) is 4.40. The summed E-state index contributed by atoms with van der Waals surface area (Å²) in [4.78, 5) is 14.1.